The van der Waals surface area contributed by atoms with Crippen LogP contribution in [0.4, 0.5) is 0 Å². The van der Waals surface area contributed by atoms with E-state index in [9.17, 15) is 35.4 Å². The first-order chi connectivity index (χ1) is 12.5. The first-order valence-corrected chi connectivity index (χ1v) is 8.81. The summed E-state index contributed by atoms with van der Waals surface area (Å²) in [6, 6.07) is 0. The number of carboxylic acid groups (broad SMARTS) is 1. The Bertz CT molecular complexity index is 617. The molecule has 0 aromatic rings. The lowest BCUT2D eigenvalue weighted by atomic mass is 9.67. The number of fused-ring (bicyclic) bond motifs is 1. The Labute approximate surface area is 155 Å². The van der Waals surface area contributed by atoms with Crippen molar-refractivity contribution in [2.45, 2.75) is 69.3 Å². The van der Waals surface area contributed by atoms with Crippen LogP contribution in [-0.2, 0) is 19.0 Å². The van der Waals surface area contributed by atoms with E-state index in [0.717, 1.165) is 6.26 Å². The molecule has 1 saturated heterocycles. The third-order valence-corrected chi connectivity index (χ3v) is 6.34. The molecule has 9 atom stereocenters. The van der Waals surface area contributed by atoms with Crippen molar-refractivity contribution in [1.82, 2.24) is 0 Å². The lowest BCUT2D eigenvalue weighted by molar-refractivity contribution is -0.359. The largest absolute Gasteiger partial charge is 0.478 e. The SMILES string of the molecule is C[C@]12[C@H](O[C@@H]3O[C@H](CO)[C@@H](O)[C@H](O)[C@H]3O)OC=C(C(=O)O)[C@H]1CC[C@]2(C)O. The van der Waals surface area contributed by atoms with Gasteiger partial charge >= 0.3 is 5.97 Å². The van der Waals surface area contributed by atoms with Crippen LogP contribution >= 0.6 is 0 Å². The van der Waals surface area contributed by atoms with Crippen molar-refractivity contribution < 1.29 is 49.6 Å². The quantitative estimate of drug-likeness (QED) is 0.325. The molecule has 2 aliphatic heterocycles. The van der Waals surface area contributed by atoms with E-state index in [-0.39, 0.29) is 5.57 Å². The molecule has 2 fully saturated rings. The zero-order chi connectivity index (χ0) is 20.1. The molecule has 0 aromatic heterocycles. The van der Waals surface area contributed by atoms with Gasteiger partial charge < -0.3 is 44.8 Å². The molecule has 10 heteroatoms. The second-order valence-corrected chi connectivity index (χ2v) is 7.83. The monoisotopic (exact) mass is 390 g/mol. The number of carbonyl (C=O) groups is 1. The van der Waals surface area contributed by atoms with Crippen molar-refractivity contribution in [2.75, 3.05) is 6.61 Å². The molecule has 0 spiro atoms. The minimum absolute atomic E-state index is 0.0175. The molecule has 6 N–H and O–H groups in total. The lowest BCUT2D eigenvalue weighted by Gasteiger charge is -2.49. The zero-order valence-electron chi connectivity index (χ0n) is 15.1. The van der Waals surface area contributed by atoms with E-state index in [1.54, 1.807) is 13.8 Å². The molecule has 0 unspecified atom stereocenters. The highest BCUT2D eigenvalue weighted by Gasteiger charge is 2.64. The van der Waals surface area contributed by atoms with Crippen LogP contribution in [0.3, 0.4) is 0 Å². The third kappa shape index (κ3) is 3.05. The van der Waals surface area contributed by atoms with Gasteiger partial charge in [-0.3, -0.25) is 0 Å². The van der Waals surface area contributed by atoms with Crippen LogP contribution in [-0.4, -0.2) is 85.8 Å². The van der Waals surface area contributed by atoms with E-state index in [2.05, 4.69) is 0 Å². The van der Waals surface area contributed by atoms with Crippen LogP contribution in [0.1, 0.15) is 26.7 Å². The number of carboxylic acids is 1. The Balaban J connectivity index is 1.89. The summed E-state index contributed by atoms with van der Waals surface area (Å²) in [6.07, 6.45) is -6.82. The Morgan fingerprint density at radius 2 is 1.93 bits per heavy atom. The molecule has 0 aromatic carbocycles. The van der Waals surface area contributed by atoms with Gasteiger partial charge in [0.15, 0.2) is 6.29 Å². The first kappa shape index (κ1) is 20.5. The fourth-order valence-corrected chi connectivity index (χ4v) is 4.30. The van der Waals surface area contributed by atoms with E-state index in [1.807, 2.05) is 0 Å². The van der Waals surface area contributed by atoms with E-state index in [0.29, 0.717) is 12.8 Å². The zero-order valence-corrected chi connectivity index (χ0v) is 15.1. The van der Waals surface area contributed by atoms with Gasteiger partial charge in [0.25, 0.3) is 0 Å². The van der Waals surface area contributed by atoms with Crippen molar-refractivity contribution in [1.29, 1.82) is 0 Å². The standard InChI is InChI=1S/C17H26O10/c1-16(24)4-3-8-7(13(22)23)6-25-15(17(8,16)2)27-14-12(21)11(20)10(19)9(5-18)26-14/h6,8-12,14-15,18-21,24H,3-5H2,1-2H3,(H,22,23)/t8-,9-,10-,11+,12-,14+,15+,16+,17-/m1/s1. The van der Waals surface area contributed by atoms with Crippen LogP contribution < -0.4 is 0 Å². The van der Waals surface area contributed by atoms with Crippen molar-refractivity contribution >= 4 is 5.97 Å². The van der Waals surface area contributed by atoms with Crippen LogP contribution in [0.25, 0.3) is 0 Å². The molecule has 0 amide bonds. The number of hydrogen-bond donors (Lipinski definition) is 6. The van der Waals surface area contributed by atoms with Crippen LogP contribution in [0, 0.1) is 11.3 Å². The average Bonchev–Trinajstić information content (AvgIpc) is 2.86. The van der Waals surface area contributed by atoms with Crippen molar-refractivity contribution in [2.24, 2.45) is 11.3 Å². The molecule has 1 saturated carbocycles. The molecular formula is C17H26O10. The van der Waals surface area contributed by atoms with Gasteiger partial charge in [-0.05, 0) is 19.8 Å². The third-order valence-electron chi connectivity index (χ3n) is 6.34. The summed E-state index contributed by atoms with van der Waals surface area (Å²) in [6.45, 7) is 2.58. The number of rotatable bonds is 4. The molecule has 1 aliphatic carbocycles. The Morgan fingerprint density at radius 3 is 2.52 bits per heavy atom. The number of ether oxygens (including phenoxy) is 3. The number of aliphatic hydroxyl groups is 5. The predicted molar refractivity (Wildman–Crippen MR) is 86.9 cm³/mol. The summed E-state index contributed by atoms with van der Waals surface area (Å²) in [5.41, 5.74) is -2.48. The number of aliphatic hydroxyl groups excluding tert-OH is 4. The van der Waals surface area contributed by atoms with Crippen molar-refractivity contribution in [3.63, 3.8) is 0 Å². The van der Waals surface area contributed by atoms with Gasteiger partial charge in [0, 0.05) is 5.92 Å². The highest BCUT2D eigenvalue weighted by molar-refractivity contribution is 5.87. The molecule has 3 aliphatic rings. The smallest absolute Gasteiger partial charge is 0.334 e. The van der Waals surface area contributed by atoms with Crippen molar-refractivity contribution in [3.8, 4) is 0 Å². The Kier molecular flexibility index (Phi) is 5.28. The fraction of sp³-hybridized carbons (Fsp3) is 0.824. The summed E-state index contributed by atoms with van der Waals surface area (Å²) >= 11 is 0. The van der Waals surface area contributed by atoms with Crippen molar-refractivity contribution in [3.05, 3.63) is 11.8 Å². The highest BCUT2D eigenvalue weighted by Crippen LogP contribution is 2.58. The summed E-state index contributed by atoms with van der Waals surface area (Å²) in [7, 11) is 0. The maximum absolute atomic E-state index is 11.5. The Hall–Kier alpha value is -1.27. The maximum Gasteiger partial charge on any atom is 0.334 e. The van der Waals surface area contributed by atoms with E-state index in [1.165, 1.54) is 0 Å². The molecule has 154 valence electrons. The molecule has 3 rings (SSSR count). The summed E-state index contributed by atoms with van der Waals surface area (Å²) < 4.78 is 16.5. The fourth-order valence-electron chi connectivity index (χ4n) is 4.30. The molecular weight excluding hydrogens is 364 g/mol. The molecule has 0 bridgehead atoms. The molecule has 2 heterocycles. The van der Waals surface area contributed by atoms with Gasteiger partial charge in [-0.15, -0.1) is 0 Å². The maximum atomic E-state index is 11.5. The van der Waals surface area contributed by atoms with Gasteiger partial charge in [-0.25, -0.2) is 4.79 Å². The van der Waals surface area contributed by atoms with E-state index < -0.39 is 66.5 Å². The van der Waals surface area contributed by atoms with Gasteiger partial charge in [0.1, 0.15) is 24.4 Å². The van der Waals surface area contributed by atoms with Crippen LogP contribution in [0.2, 0.25) is 0 Å². The van der Waals surface area contributed by atoms with E-state index in [4.69, 9.17) is 14.2 Å². The number of aliphatic carboxylic acids is 1. The predicted octanol–water partition coefficient (Wildman–Crippen LogP) is -1.70. The highest BCUT2D eigenvalue weighted by atomic mass is 16.8. The van der Waals surface area contributed by atoms with Crippen LogP contribution in [0.15, 0.2) is 11.8 Å². The first-order valence-electron chi connectivity index (χ1n) is 8.81. The summed E-state index contributed by atoms with van der Waals surface area (Å²) in [5.74, 6) is -1.72. The average molecular weight is 390 g/mol. The second kappa shape index (κ2) is 6.96. The summed E-state index contributed by atoms with van der Waals surface area (Å²) in [4.78, 5) is 11.5. The minimum atomic E-state index is -1.63. The Morgan fingerprint density at radius 1 is 1.26 bits per heavy atom. The summed E-state index contributed by atoms with van der Waals surface area (Å²) in [5, 5.41) is 59.6. The van der Waals surface area contributed by atoms with Gasteiger partial charge in [-0.2, -0.15) is 0 Å². The van der Waals surface area contributed by atoms with Gasteiger partial charge in [-0.1, -0.05) is 6.92 Å². The molecule has 27 heavy (non-hydrogen) atoms. The molecule has 0 radical (unpaired) electrons. The normalized spacial score (nSPS) is 49.9. The molecule has 10 nitrogen and oxygen atoms in total. The minimum Gasteiger partial charge on any atom is -0.478 e. The van der Waals surface area contributed by atoms with E-state index >= 15 is 0 Å². The van der Waals surface area contributed by atoms with Crippen LogP contribution in [0.5, 0.6) is 0 Å². The second-order valence-electron chi connectivity index (χ2n) is 7.83. The number of hydrogen-bond acceptors (Lipinski definition) is 9. The lowest BCUT2D eigenvalue weighted by Crippen LogP contribution is -2.62. The van der Waals surface area contributed by atoms with Gasteiger partial charge in [0.2, 0.25) is 6.29 Å². The van der Waals surface area contributed by atoms with Gasteiger partial charge in [0.05, 0.1) is 29.5 Å². The topological polar surface area (TPSA) is 166 Å².